The van der Waals surface area contributed by atoms with Crippen molar-refractivity contribution in [2.75, 3.05) is 19.7 Å². The summed E-state index contributed by atoms with van der Waals surface area (Å²) >= 11 is 0. The molecule has 1 amide bonds. The first-order valence-corrected chi connectivity index (χ1v) is 8.13. The minimum absolute atomic E-state index is 0.00491. The maximum Gasteiger partial charge on any atom is 0.250 e. The van der Waals surface area contributed by atoms with Crippen LogP contribution >= 0.6 is 0 Å². The maximum absolute atomic E-state index is 12.4. The molecule has 24 heavy (non-hydrogen) atoms. The van der Waals surface area contributed by atoms with Crippen LogP contribution in [0.25, 0.3) is 0 Å². The average Bonchev–Trinajstić information content (AvgIpc) is 3.10. The SMILES string of the molecule is CCc1nc([C@H]2CN(C(=O)CCn3ccccc3=O)CCO2)n[nH]1. The Hall–Kier alpha value is -2.48. The van der Waals surface area contributed by atoms with Crippen molar-refractivity contribution in [3.8, 4) is 0 Å². The molecule has 3 rings (SSSR count). The number of aromatic amines is 1. The molecular weight excluding hydrogens is 310 g/mol. The summed E-state index contributed by atoms with van der Waals surface area (Å²) in [6, 6.07) is 4.96. The smallest absolute Gasteiger partial charge is 0.250 e. The molecule has 2 aromatic rings. The molecule has 0 bridgehead atoms. The Morgan fingerprint density at radius 1 is 1.46 bits per heavy atom. The summed E-state index contributed by atoms with van der Waals surface area (Å²) in [6.45, 7) is 3.81. The molecule has 0 saturated carbocycles. The van der Waals surface area contributed by atoms with E-state index >= 15 is 0 Å². The minimum Gasteiger partial charge on any atom is -0.366 e. The van der Waals surface area contributed by atoms with Gasteiger partial charge in [-0.15, -0.1) is 0 Å². The minimum atomic E-state index is -0.307. The number of nitrogens with zero attached hydrogens (tertiary/aromatic N) is 4. The highest BCUT2D eigenvalue weighted by molar-refractivity contribution is 5.76. The molecule has 128 valence electrons. The average molecular weight is 331 g/mol. The first-order chi connectivity index (χ1) is 11.7. The maximum atomic E-state index is 12.4. The number of rotatable bonds is 5. The zero-order valence-corrected chi connectivity index (χ0v) is 13.6. The molecule has 0 radical (unpaired) electrons. The Kier molecular flexibility index (Phi) is 5.05. The van der Waals surface area contributed by atoms with E-state index in [9.17, 15) is 9.59 Å². The summed E-state index contributed by atoms with van der Waals surface area (Å²) < 4.78 is 7.23. The molecule has 0 unspecified atom stereocenters. The van der Waals surface area contributed by atoms with Gasteiger partial charge in [-0.2, -0.15) is 5.10 Å². The number of hydrogen-bond acceptors (Lipinski definition) is 5. The number of carbonyl (C=O) groups excluding carboxylic acids is 1. The molecular formula is C16H21N5O3. The van der Waals surface area contributed by atoms with Crippen molar-refractivity contribution in [1.82, 2.24) is 24.6 Å². The Labute approximate surface area is 139 Å². The van der Waals surface area contributed by atoms with Crippen molar-refractivity contribution in [2.45, 2.75) is 32.4 Å². The molecule has 0 aliphatic carbocycles. The van der Waals surface area contributed by atoms with Crippen molar-refractivity contribution in [3.05, 3.63) is 46.4 Å². The number of nitrogens with one attached hydrogen (secondary N) is 1. The summed E-state index contributed by atoms with van der Waals surface area (Å²) in [5.74, 6) is 1.40. The highest BCUT2D eigenvalue weighted by Gasteiger charge is 2.27. The summed E-state index contributed by atoms with van der Waals surface area (Å²) in [5, 5.41) is 7.03. The number of aromatic nitrogens is 4. The predicted molar refractivity (Wildman–Crippen MR) is 86.4 cm³/mol. The number of aryl methyl sites for hydroxylation is 2. The van der Waals surface area contributed by atoms with Crippen LogP contribution in [0.3, 0.4) is 0 Å². The number of H-pyrrole nitrogens is 1. The van der Waals surface area contributed by atoms with E-state index in [0.717, 1.165) is 12.2 Å². The lowest BCUT2D eigenvalue weighted by molar-refractivity contribution is -0.139. The molecule has 1 aliphatic heterocycles. The standard InChI is InChI=1S/C16H21N5O3/c1-2-13-17-16(19-18-13)12-11-21(9-10-24-12)15(23)6-8-20-7-4-3-5-14(20)22/h3-5,7,12H,2,6,8-11H2,1H3,(H,17,18,19)/t12-/m1/s1. The third kappa shape index (κ3) is 3.70. The Bertz CT molecular complexity index is 754. The quantitative estimate of drug-likeness (QED) is 0.862. The topological polar surface area (TPSA) is 93.1 Å². The van der Waals surface area contributed by atoms with Crippen molar-refractivity contribution in [2.24, 2.45) is 0 Å². The Balaban J connectivity index is 1.58. The van der Waals surface area contributed by atoms with E-state index in [4.69, 9.17) is 4.74 Å². The van der Waals surface area contributed by atoms with Gasteiger partial charge < -0.3 is 14.2 Å². The van der Waals surface area contributed by atoms with Gasteiger partial charge in [0.25, 0.3) is 5.56 Å². The van der Waals surface area contributed by atoms with Crippen LogP contribution in [0.5, 0.6) is 0 Å². The third-order valence-electron chi connectivity index (χ3n) is 4.06. The van der Waals surface area contributed by atoms with Crippen LogP contribution in [0.15, 0.2) is 29.2 Å². The van der Waals surface area contributed by atoms with Gasteiger partial charge in [0.1, 0.15) is 11.9 Å². The van der Waals surface area contributed by atoms with Crippen molar-refractivity contribution in [1.29, 1.82) is 0 Å². The zero-order valence-electron chi connectivity index (χ0n) is 13.6. The summed E-state index contributed by atoms with van der Waals surface area (Å²) in [6.07, 6.45) is 2.44. The van der Waals surface area contributed by atoms with Crippen LogP contribution in [0.4, 0.5) is 0 Å². The van der Waals surface area contributed by atoms with Crippen LogP contribution in [0, 0.1) is 0 Å². The highest BCUT2D eigenvalue weighted by Crippen LogP contribution is 2.19. The van der Waals surface area contributed by atoms with Gasteiger partial charge in [0.15, 0.2) is 5.82 Å². The lowest BCUT2D eigenvalue weighted by Gasteiger charge is -2.31. The fourth-order valence-electron chi connectivity index (χ4n) is 2.66. The van der Waals surface area contributed by atoms with E-state index in [1.54, 1.807) is 27.8 Å². The van der Waals surface area contributed by atoms with E-state index < -0.39 is 0 Å². The Morgan fingerprint density at radius 3 is 3.08 bits per heavy atom. The summed E-state index contributed by atoms with van der Waals surface area (Å²) in [4.78, 5) is 30.2. The first-order valence-electron chi connectivity index (χ1n) is 8.13. The molecule has 0 aromatic carbocycles. The third-order valence-corrected chi connectivity index (χ3v) is 4.06. The molecule has 0 spiro atoms. The first kappa shape index (κ1) is 16.4. The lowest BCUT2D eigenvalue weighted by atomic mass is 10.2. The molecule has 1 aliphatic rings. The number of ether oxygens (including phenoxy) is 1. The van der Waals surface area contributed by atoms with E-state index in [1.807, 2.05) is 6.92 Å². The molecule has 3 heterocycles. The second-order valence-corrected chi connectivity index (χ2v) is 5.68. The molecule has 2 aromatic heterocycles. The monoisotopic (exact) mass is 331 g/mol. The van der Waals surface area contributed by atoms with Crippen LogP contribution in [-0.2, 0) is 22.5 Å². The molecule has 1 N–H and O–H groups in total. The predicted octanol–water partition coefficient (Wildman–Crippen LogP) is 0.519. The molecule has 1 fully saturated rings. The molecule has 8 nitrogen and oxygen atoms in total. The van der Waals surface area contributed by atoms with Crippen LogP contribution in [0.2, 0.25) is 0 Å². The second kappa shape index (κ2) is 7.39. The molecule has 8 heteroatoms. The van der Waals surface area contributed by atoms with Gasteiger partial charge in [0, 0.05) is 38.2 Å². The van der Waals surface area contributed by atoms with E-state index in [2.05, 4.69) is 15.2 Å². The van der Waals surface area contributed by atoms with Gasteiger partial charge in [-0.1, -0.05) is 13.0 Å². The van der Waals surface area contributed by atoms with Gasteiger partial charge in [0.05, 0.1) is 13.2 Å². The van der Waals surface area contributed by atoms with Gasteiger partial charge in [-0.25, -0.2) is 4.98 Å². The highest BCUT2D eigenvalue weighted by atomic mass is 16.5. The van der Waals surface area contributed by atoms with E-state index in [1.165, 1.54) is 6.07 Å². The van der Waals surface area contributed by atoms with Crippen LogP contribution in [-0.4, -0.2) is 50.3 Å². The van der Waals surface area contributed by atoms with Gasteiger partial charge in [-0.05, 0) is 6.07 Å². The number of carbonyl (C=O) groups is 1. The van der Waals surface area contributed by atoms with Crippen LogP contribution < -0.4 is 5.56 Å². The fraction of sp³-hybridized carbons (Fsp3) is 0.500. The molecule has 1 atom stereocenters. The Morgan fingerprint density at radius 2 is 2.33 bits per heavy atom. The number of morpholine rings is 1. The van der Waals surface area contributed by atoms with Crippen molar-refractivity contribution >= 4 is 5.91 Å². The summed E-state index contributed by atoms with van der Waals surface area (Å²) in [5.41, 5.74) is -0.0991. The van der Waals surface area contributed by atoms with E-state index in [0.29, 0.717) is 32.1 Å². The number of amides is 1. The van der Waals surface area contributed by atoms with E-state index in [-0.39, 0.29) is 24.0 Å². The number of pyridine rings is 1. The van der Waals surface area contributed by atoms with Crippen molar-refractivity contribution in [3.63, 3.8) is 0 Å². The molecule has 1 saturated heterocycles. The zero-order chi connectivity index (χ0) is 16.9. The van der Waals surface area contributed by atoms with Gasteiger partial charge >= 0.3 is 0 Å². The fourth-order valence-corrected chi connectivity index (χ4v) is 2.66. The van der Waals surface area contributed by atoms with Gasteiger partial charge in [-0.3, -0.25) is 14.7 Å². The lowest BCUT2D eigenvalue weighted by Crippen LogP contribution is -2.43. The second-order valence-electron chi connectivity index (χ2n) is 5.68. The number of hydrogen-bond donors (Lipinski definition) is 1. The van der Waals surface area contributed by atoms with Crippen LogP contribution in [0.1, 0.15) is 31.1 Å². The normalized spacial score (nSPS) is 17.9. The van der Waals surface area contributed by atoms with Gasteiger partial charge in [0.2, 0.25) is 5.91 Å². The summed E-state index contributed by atoms with van der Waals surface area (Å²) in [7, 11) is 0. The largest absolute Gasteiger partial charge is 0.366 e. The van der Waals surface area contributed by atoms with Crippen molar-refractivity contribution < 1.29 is 9.53 Å².